The molecule has 1 aromatic rings. The summed E-state index contributed by atoms with van der Waals surface area (Å²) in [7, 11) is -5.58. The van der Waals surface area contributed by atoms with E-state index in [-0.39, 0.29) is 5.75 Å². The lowest BCUT2D eigenvalue weighted by molar-refractivity contribution is -0.499. The molecule has 28 heavy (non-hydrogen) atoms. The van der Waals surface area contributed by atoms with Crippen LogP contribution in [0.25, 0.3) is 0 Å². The highest BCUT2D eigenvalue weighted by atomic mass is 32.2. The van der Waals surface area contributed by atoms with E-state index >= 15 is 0 Å². The Kier molecular flexibility index (Phi) is 4.08. The summed E-state index contributed by atoms with van der Waals surface area (Å²) in [6, 6.07) is -0.205. The van der Waals surface area contributed by atoms with E-state index in [1.165, 1.54) is 0 Å². The Morgan fingerprint density at radius 2 is 1.57 bits per heavy atom. The third-order valence-corrected chi connectivity index (χ3v) is 4.58. The molecule has 1 aliphatic carbocycles. The van der Waals surface area contributed by atoms with E-state index in [0.717, 1.165) is 18.2 Å². The van der Waals surface area contributed by atoms with Crippen molar-refractivity contribution in [2.75, 3.05) is 0 Å². The number of Topliss-reactive ketones (excluding diaryl/α,β-unsaturated/α-hetero) is 1. The van der Waals surface area contributed by atoms with Crippen molar-refractivity contribution in [1.82, 2.24) is 0 Å². The van der Waals surface area contributed by atoms with E-state index in [0.29, 0.717) is 0 Å². The normalized spacial score (nSPS) is 18.6. The molecular weight excluding hydrogens is 410 g/mol. The first-order valence-electron chi connectivity index (χ1n) is 6.86. The molecule has 0 aromatic heterocycles. The molecule has 146 valence electrons. The maximum atomic E-state index is 12.4. The van der Waals surface area contributed by atoms with Crippen LogP contribution in [0.15, 0.2) is 40.3 Å². The number of hydrogen-bond acceptors (Lipinski definition) is 11. The van der Waals surface area contributed by atoms with Crippen LogP contribution in [0.5, 0.6) is 11.5 Å². The zero-order valence-electron chi connectivity index (χ0n) is 13.0. The van der Waals surface area contributed by atoms with Crippen molar-refractivity contribution in [2.24, 2.45) is 0 Å². The van der Waals surface area contributed by atoms with Crippen LogP contribution in [0, 0.1) is 30.3 Å². The predicted octanol–water partition coefficient (Wildman–Crippen LogP) is 0.182. The lowest BCUT2D eigenvalue weighted by atomic mass is 10.0. The van der Waals surface area contributed by atoms with Gasteiger partial charge in [-0.05, 0) is 6.07 Å². The van der Waals surface area contributed by atoms with Gasteiger partial charge in [0.05, 0.1) is 15.9 Å². The second-order valence-electron chi connectivity index (χ2n) is 5.25. The first kappa shape index (κ1) is 18.9. The van der Waals surface area contributed by atoms with Crippen LogP contribution in [0.3, 0.4) is 0 Å². The van der Waals surface area contributed by atoms with Crippen LogP contribution in [0.2, 0.25) is 0 Å². The fourth-order valence-corrected chi connectivity index (χ4v) is 3.40. The third kappa shape index (κ3) is 2.81. The molecule has 1 atom stereocenters. The summed E-state index contributed by atoms with van der Waals surface area (Å²) in [5, 5.41) is 33.4. The van der Waals surface area contributed by atoms with E-state index in [1.54, 1.807) is 0 Å². The molecule has 0 spiro atoms. The summed E-state index contributed by atoms with van der Waals surface area (Å²) in [6.45, 7) is 0. The number of carbonyl (C=O) groups is 1. The molecule has 1 aromatic carbocycles. The van der Waals surface area contributed by atoms with Crippen molar-refractivity contribution in [3.63, 3.8) is 0 Å². The van der Waals surface area contributed by atoms with Gasteiger partial charge in [-0.15, -0.1) is 0 Å². The first-order valence-corrected chi connectivity index (χ1v) is 8.30. The number of ether oxygens (including phenoxy) is 2. The quantitative estimate of drug-likeness (QED) is 0.395. The molecule has 0 radical (unpaired) electrons. The first-order chi connectivity index (χ1) is 12.9. The van der Waals surface area contributed by atoms with E-state index in [4.69, 9.17) is 9.47 Å². The molecule has 1 unspecified atom stereocenters. The van der Waals surface area contributed by atoms with Gasteiger partial charge in [-0.1, -0.05) is 0 Å². The zero-order chi connectivity index (χ0) is 21.0. The second kappa shape index (κ2) is 6.06. The number of carbonyl (C=O) groups excluding carboxylic acids is 1. The monoisotopic (exact) mass is 415 g/mol. The maximum Gasteiger partial charge on any atom is 0.340 e. The zero-order valence-corrected chi connectivity index (χ0v) is 13.8. The second-order valence-corrected chi connectivity index (χ2v) is 6.64. The van der Waals surface area contributed by atoms with E-state index < -0.39 is 70.3 Å². The van der Waals surface area contributed by atoms with Crippen molar-refractivity contribution in [3.05, 3.63) is 70.7 Å². The van der Waals surface area contributed by atoms with Gasteiger partial charge in [-0.2, -0.15) is 8.42 Å². The highest BCUT2D eigenvalue weighted by molar-refractivity contribution is 7.90. The third-order valence-electron chi connectivity index (χ3n) is 3.61. The fraction of sp³-hybridized carbons (Fsp3) is 0.0833. The predicted molar refractivity (Wildman–Crippen MR) is 82.7 cm³/mol. The van der Waals surface area contributed by atoms with Gasteiger partial charge in [0.2, 0.25) is 10.7 Å². The van der Waals surface area contributed by atoms with Gasteiger partial charge >= 0.3 is 21.9 Å². The molecule has 0 amide bonds. The van der Waals surface area contributed by atoms with E-state index in [2.05, 4.69) is 0 Å². The summed E-state index contributed by atoms with van der Waals surface area (Å²) in [4.78, 5) is 40.3. The smallest absolute Gasteiger partial charge is 0.340 e. The number of non-ortho nitro benzene ring substituents is 1. The van der Waals surface area contributed by atoms with Crippen LogP contribution in [-0.2, 0) is 14.9 Å². The molecule has 1 heterocycles. The molecule has 1 aliphatic heterocycles. The average molecular weight is 415 g/mol. The van der Waals surface area contributed by atoms with E-state index in [9.17, 15) is 48.1 Å². The summed E-state index contributed by atoms with van der Waals surface area (Å²) in [6.07, 6.45) is 0. The standard InChI is InChI=1S/C12H5N3O12S/c16-9-7(14(19)20)12(28(23,24)25)8(15(21)22)10-11(9)27-6-3-4(13(17)18)1-2-5(6)26-10/h1-3,7H,(H,23,24,25). The number of ketones is 1. The largest absolute Gasteiger partial charge is 0.445 e. The molecular formula is C12H5N3O12S. The van der Waals surface area contributed by atoms with Gasteiger partial charge in [0.15, 0.2) is 11.5 Å². The van der Waals surface area contributed by atoms with Crippen LogP contribution in [0.4, 0.5) is 5.69 Å². The number of fused-ring (bicyclic) bond motifs is 1. The Morgan fingerprint density at radius 1 is 0.964 bits per heavy atom. The van der Waals surface area contributed by atoms with Gasteiger partial charge in [-0.25, -0.2) is 0 Å². The van der Waals surface area contributed by atoms with Crippen molar-refractivity contribution < 1.29 is 42.0 Å². The average Bonchev–Trinajstić information content (AvgIpc) is 2.58. The molecule has 15 nitrogen and oxygen atoms in total. The molecule has 16 heteroatoms. The van der Waals surface area contributed by atoms with Gasteiger partial charge in [0.25, 0.3) is 17.2 Å². The minimum Gasteiger partial charge on any atom is -0.445 e. The van der Waals surface area contributed by atoms with Gasteiger partial charge < -0.3 is 9.47 Å². The molecule has 3 rings (SSSR count). The Morgan fingerprint density at radius 3 is 2.07 bits per heavy atom. The van der Waals surface area contributed by atoms with Crippen molar-refractivity contribution >= 4 is 21.6 Å². The van der Waals surface area contributed by atoms with Crippen LogP contribution in [0.1, 0.15) is 0 Å². The fourth-order valence-electron chi connectivity index (χ4n) is 2.52. The highest BCUT2D eigenvalue weighted by Gasteiger charge is 2.57. The number of nitrogens with zero attached hydrogens (tertiary/aromatic N) is 3. The maximum absolute atomic E-state index is 12.4. The lowest BCUT2D eigenvalue weighted by Crippen LogP contribution is -2.43. The number of rotatable bonds is 4. The Labute approximate surface area is 152 Å². The molecule has 1 N–H and O–H groups in total. The molecule has 0 saturated carbocycles. The number of nitro benzene ring substituents is 1. The minimum absolute atomic E-state index is 0.370. The number of nitro groups is 3. The summed E-state index contributed by atoms with van der Waals surface area (Å²) < 4.78 is 42.5. The lowest BCUT2D eigenvalue weighted by Gasteiger charge is -2.25. The highest BCUT2D eigenvalue weighted by Crippen LogP contribution is 2.43. The number of hydrogen-bond donors (Lipinski definition) is 1. The Bertz CT molecular complexity index is 1150. The van der Waals surface area contributed by atoms with Crippen molar-refractivity contribution in [1.29, 1.82) is 0 Å². The Balaban J connectivity index is 2.29. The molecule has 2 aliphatic rings. The SMILES string of the molecule is O=C1C2=C(Oc3ccc([N+](=O)[O-])cc3O2)C([N+](=O)[O-])=C(S(=O)(=O)O)C1[N+](=O)[O-]. The summed E-state index contributed by atoms with van der Waals surface area (Å²) >= 11 is 0. The Hall–Kier alpha value is -3.92. The van der Waals surface area contributed by atoms with Gasteiger partial charge in [0.1, 0.15) is 0 Å². The van der Waals surface area contributed by atoms with Crippen LogP contribution < -0.4 is 9.47 Å². The summed E-state index contributed by atoms with van der Waals surface area (Å²) in [5.74, 6) is -4.70. The topological polar surface area (TPSA) is 219 Å². The van der Waals surface area contributed by atoms with Crippen LogP contribution in [-0.4, -0.2) is 39.6 Å². The summed E-state index contributed by atoms with van der Waals surface area (Å²) in [5.41, 5.74) is -2.08. The minimum atomic E-state index is -5.58. The van der Waals surface area contributed by atoms with Crippen molar-refractivity contribution in [2.45, 2.75) is 6.04 Å². The van der Waals surface area contributed by atoms with E-state index in [1.807, 2.05) is 0 Å². The molecule has 0 saturated heterocycles. The number of benzene rings is 1. The molecule has 0 bridgehead atoms. The van der Waals surface area contributed by atoms with Gasteiger partial charge in [0, 0.05) is 11.0 Å². The van der Waals surface area contributed by atoms with Crippen LogP contribution >= 0.6 is 0 Å². The molecule has 0 fully saturated rings. The van der Waals surface area contributed by atoms with Gasteiger partial charge in [-0.3, -0.25) is 39.7 Å². The van der Waals surface area contributed by atoms with Crippen molar-refractivity contribution in [3.8, 4) is 11.5 Å².